The molecule has 0 saturated heterocycles. The minimum atomic E-state index is -0.893. The molecule has 2 aromatic rings. The van der Waals surface area contributed by atoms with E-state index in [1.807, 2.05) is 13.8 Å². The lowest BCUT2D eigenvalue weighted by Gasteiger charge is -2.10. The van der Waals surface area contributed by atoms with Crippen molar-refractivity contribution in [2.75, 3.05) is 5.75 Å². The maximum Gasteiger partial charge on any atom is 0.313 e. The molecule has 1 heterocycles. The summed E-state index contributed by atoms with van der Waals surface area (Å²) in [6.07, 6.45) is 1.80. The zero-order chi connectivity index (χ0) is 14.9. The van der Waals surface area contributed by atoms with Gasteiger partial charge in [0.2, 0.25) is 0 Å². The molecule has 7 heteroatoms. The number of rotatable bonds is 4. The standard InChI is InChI=1S/C13H12Cl2N2O2S/c1-7-3-10(15)11(4-9(7)14)17-5-8(2)16-13(17)20-6-12(18)19/h3-5H,6H2,1-2H3,(H,18,19). The molecule has 0 atom stereocenters. The number of thioether (sulfide) groups is 1. The number of aryl methyl sites for hydroxylation is 2. The number of imidazole rings is 1. The Kier molecular flexibility index (Phi) is 4.62. The summed E-state index contributed by atoms with van der Waals surface area (Å²) >= 11 is 13.5. The molecule has 0 unspecified atom stereocenters. The van der Waals surface area contributed by atoms with Crippen molar-refractivity contribution in [1.82, 2.24) is 9.55 Å². The topological polar surface area (TPSA) is 55.1 Å². The highest BCUT2D eigenvalue weighted by molar-refractivity contribution is 7.99. The van der Waals surface area contributed by atoms with Gasteiger partial charge in [-0.2, -0.15) is 0 Å². The van der Waals surface area contributed by atoms with Crippen LogP contribution in [0.15, 0.2) is 23.5 Å². The van der Waals surface area contributed by atoms with Gasteiger partial charge in [0.25, 0.3) is 0 Å². The van der Waals surface area contributed by atoms with Crippen LogP contribution in [0.3, 0.4) is 0 Å². The van der Waals surface area contributed by atoms with Crippen LogP contribution in [-0.4, -0.2) is 26.4 Å². The fraction of sp³-hybridized carbons (Fsp3) is 0.231. The fourth-order valence-electron chi connectivity index (χ4n) is 1.70. The number of carbonyl (C=O) groups is 1. The van der Waals surface area contributed by atoms with Crippen molar-refractivity contribution in [3.8, 4) is 5.69 Å². The van der Waals surface area contributed by atoms with Crippen molar-refractivity contribution < 1.29 is 9.90 Å². The SMILES string of the molecule is Cc1cn(-c2cc(Cl)c(C)cc2Cl)c(SCC(=O)O)n1. The quantitative estimate of drug-likeness (QED) is 0.861. The van der Waals surface area contributed by atoms with Gasteiger partial charge in [0, 0.05) is 11.2 Å². The molecule has 1 aromatic carbocycles. The molecule has 2 rings (SSSR count). The maximum absolute atomic E-state index is 10.7. The largest absolute Gasteiger partial charge is 0.481 e. The lowest BCUT2D eigenvalue weighted by molar-refractivity contribution is -0.133. The van der Waals surface area contributed by atoms with E-state index in [1.165, 1.54) is 0 Å². The van der Waals surface area contributed by atoms with Crippen LogP contribution < -0.4 is 0 Å². The third kappa shape index (κ3) is 3.29. The highest BCUT2D eigenvalue weighted by Crippen LogP contribution is 2.31. The zero-order valence-electron chi connectivity index (χ0n) is 10.9. The number of aromatic nitrogens is 2. The van der Waals surface area contributed by atoms with Crippen LogP contribution in [0, 0.1) is 13.8 Å². The fourth-order valence-corrected chi connectivity index (χ4v) is 2.92. The lowest BCUT2D eigenvalue weighted by Crippen LogP contribution is -2.02. The second kappa shape index (κ2) is 6.08. The van der Waals surface area contributed by atoms with Gasteiger partial charge in [-0.3, -0.25) is 9.36 Å². The number of carboxylic acids is 1. The van der Waals surface area contributed by atoms with E-state index in [4.69, 9.17) is 28.3 Å². The molecule has 0 bridgehead atoms. The summed E-state index contributed by atoms with van der Waals surface area (Å²) in [5, 5.41) is 10.5. The molecule has 1 N–H and O–H groups in total. The molecule has 0 spiro atoms. The summed E-state index contributed by atoms with van der Waals surface area (Å²) in [5.41, 5.74) is 2.36. The molecule has 1 aromatic heterocycles. The van der Waals surface area contributed by atoms with E-state index in [-0.39, 0.29) is 5.75 Å². The summed E-state index contributed by atoms with van der Waals surface area (Å²) in [6.45, 7) is 3.71. The predicted molar refractivity (Wildman–Crippen MR) is 81.4 cm³/mol. The van der Waals surface area contributed by atoms with E-state index in [1.54, 1.807) is 22.9 Å². The average molecular weight is 331 g/mol. The number of hydrogen-bond acceptors (Lipinski definition) is 3. The Labute approximate surface area is 130 Å². The van der Waals surface area contributed by atoms with Crippen LogP contribution in [0.4, 0.5) is 0 Å². The summed E-state index contributed by atoms with van der Waals surface area (Å²) in [5.74, 6) is -0.955. The summed E-state index contributed by atoms with van der Waals surface area (Å²) in [4.78, 5) is 15.0. The second-order valence-corrected chi connectivity index (χ2v) is 6.03. The van der Waals surface area contributed by atoms with E-state index in [0.717, 1.165) is 23.0 Å². The number of hydrogen-bond donors (Lipinski definition) is 1. The van der Waals surface area contributed by atoms with Crippen molar-refractivity contribution in [1.29, 1.82) is 0 Å². The van der Waals surface area contributed by atoms with E-state index >= 15 is 0 Å². The van der Waals surface area contributed by atoms with Gasteiger partial charge in [-0.1, -0.05) is 35.0 Å². The molecule has 0 amide bonds. The molecule has 0 saturated carbocycles. The molecule has 0 fully saturated rings. The minimum absolute atomic E-state index is 0.0618. The minimum Gasteiger partial charge on any atom is -0.481 e. The van der Waals surface area contributed by atoms with Crippen molar-refractivity contribution in [2.24, 2.45) is 0 Å². The molecule has 20 heavy (non-hydrogen) atoms. The van der Waals surface area contributed by atoms with Crippen molar-refractivity contribution in [3.05, 3.63) is 39.6 Å². The lowest BCUT2D eigenvalue weighted by atomic mass is 10.2. The number of nitrogens with zero attached hydrogens (tertiary/aromatic N) is 2. The number of aliphatic carboxylic acids is 1. The zero-order valence-corrected chi connectivity index (χ0v) is 13.2. The summed E-state index contributed by atoms with van der Waals surface area (Å²) in [6, 6.07) is 3.53. The molecule has 0 radical (unpaired) electrons. The van der Waals surface area contributed by atoms with E-state index in [2.05, 4.69) is 4.98 Å². The third-order valence-electron chi connectivity index (χ3n) is 2.61. The van der Waals surface area contributed by atoms with Gasteiger partial charge >= 0.3 is 5.97 Å². The Hall–Kier alpha value is -1.17. The number of benzene rings is 1. The highest BCUT2D eigenvalue weighted by atomic mass is 35.5. The monoisotopic (exact) mass is 330 g/mol. The summed E-state index contributed by atoms with van der Waals surface area (Å²) < 4.78 is 1.76. The maximum atomic E-state index is 10.7. The third-order valence-corrected chi connectivity index (χ3v) is 4.25. The Morgan fingerprint density at radius 2 is 2.05 bits per heavy atom. The Bertz CT molecular complexity index is 671. The van der Waals surface area contributed by atoms with Crippen molar-refractivity contribution >= 4 is 40.9 Å². The first-order valence-corrected chi connectivity index (χ1v) is 7.49. The van der Waals surface area contributed by atoms with Crippen LogP contribution in [0.25, 0.3) is 5.69 Å². The van der Waals surface area contributed by atoms with Gasteiger partial charge in [0.1, 0.15) is 0 Å². The first-order chi connectivity index (χ1) is 9.38. The van der Waals surface area contributed by atoms with Gasteiger partial charge in [0.15, 0.2) is 5.16 Å². The second-order valence-electron chi connectivity index (χ2n) is 4.27. The van der Waals surface area contributed by atoms with Crippen LogP contribution in [0.1, 0.15) is 11.3 Å². The van der Waals surface area contributed by atoms with Gasteiger partial charge < -0.3 is 5.11 Å². The van der Waals surface area contributed by atoms with Crippen molar-refractivity contribution in [2.45, 2.75) is 19.0 Å². The molecule has 0 aliphatic carbocycles. The molecule has 0 aliphatic rings. The number of carboxylic acid groups (broad SMARTS) is 1. The van der Waals surface area contributed by atoms with E-state index < -0.39 is 5.97 Å². The van der Waals surface area contributed by atoms with E-state index in [9.17, 15) is 4.79 Å². The Morgan fingerprint density at radius 1 is 1.35 bits per heavy atom. The smallest absolute Gasteiger partial charge is 0.313 e. The average Bonchev–Trinajstić information content (AvgIpc) is 2.72. The van der Waals surface area contributed by atoms with Crippen LogP contribution in [0.2, 0.25) is 10.0 Å². The van der Waals surface area contributed by atoms with Crippen LogP contribution >= 0.6 is 35.0 Å². The molecule has 106 valence electrons. The van der Waals surface area contributed by atoms with Gasteiger partial charge in [0.05, 0.1) is 22.2 Å². The first-order valence-electron chi connectivity index (χ1n) is 5.75. The normalized spacial score (nSPS) is 10.8. The van der Waals surface area contributed by atoms with Crippen molar-refractivity contribution in [3.63, 3.8) is 0 Å². The molecule has 4 nitrogen and oxygen atoms in total. The predicted octanol–water partition coefficient (Wildman–Crippen LogP) is 3.97. The van der Waals surface area contributed by atoms with Gasteiger partial charge in [-0.25, -0.2) is 4.98 Å². The van der Waals surface area contributed by atoms with Gasteiger partial charge in [-0.15, -0.1) is 0 Å². The molecular formula is C13H12Cl2N2O2S. The highest BCUT2D eigenvalue weighted by Gasteiger charge is 2.14. The summed E-state index contributed by atoms with van der Waals surface area (Å²) in [7, 11) is 0. The van der Waals surface area contributed by atoms with Crippen LogP contribution in [0.5, 0.6) is 0 Å². The first kappa shape index (κ1) is 15.2. The van der Waals surface area contributed by atoms with Gasteiger partial charge in [-0.05, 0) is 31.5 Å². The Morgan fingerprint density at radius 3 is 2.70 bits per heavy atom. The van der Waals surface area contributed by atoms with E-state index in [0.29, 0.717) is 20.9 Å². The molecule has 0 aliphatic heterocycles. The van der Waals surface area contributed by atoms with Crippen LogP contribution in [-0.2, 0) is 4.79 Å². The molecular weight excluding hydrogens is 319 g/mol. The Balaban J connectivity index is 2.47. The number of halogens is 2.